The number of halogens is 2. The molecular weight excluding hydrogens is 567 g/mol. The minimum atomic E-state index is -0.404. The SMILES string of the molecule is C=CC(=O)N1CC[C@@H]2[C@H]1CN2c1nc(OCC23CCCN2CCC3)nc2cc(-c3cncc4cccc(Cl)c34)c(F)cc12. The van der Waals surface area contributed by atoms with Crippen molar-refractivity contribution in [2.45, 2.75) is 49.7 Å². The van der Waals surface area contributed by atoms with Gasteiger partial charge in [-0.2, -0.15) is 9.97 Å². The van der Waals surface area contributed by atoms with Crippen LogP contribution in [0.4, 0.5) is 10.2 Å². The van der Waals surface area contributed by atoms with Crippen LogP contribution in [0.5, 0.6) is 6.01 Å². The van der Waals surface area contributed by atoms with Crippen molar-refractivity contribution >= 4 is 45.0 Å². The molecule has 220 valence electrons. The maximum atomic E-state index is 16.1. The fourth-order valence-corrected chi connectivity index (χ4v) is 8.19. The maximum Gasteiger partial charge on any atom is 0.319 e. The zero-order valence-corrected chi connectivity index (χ0v) is 24.6. The number of hydrogen-bond acceptors (Lipinski definition) is 7. The van der Waals surface area contributed by atoms with E-state index in [9.17, 15) is 4.79 Å². The second kappa shape index (κ2) is 10.1. The third-order valence-corrected chi connectivity index (χ3v) is 10.4. The Bertz CT molecular complexity index is 1780. The molecule has 8 nitrogen and oxygen atoms in total. The van der Waals surface area contributed by atoms with Gasteiger partial charge in [0.25, 0.3) is 0 Å². The third kappa shape index (κ3) is 4.19. The molecule has 0 spiro atoms. The molecule has 0 N–H and O–H groups in total. The van der Waals surface area contributed by atoms with Gasteiger partial charge in [0.1, 0.15) is 18.2 Å². The van der Waals surface area contributed by atoms with Crippen molar-refractivity contribution in [3.05, 3.63) is 66.2 Å². The molecule has 43 heavy (non-hydrogen) atoms. The topological polar surface area (TPSA) is 74.7 Å². The van der Waals surface area contributed by atoms with Crippen LogP contribution in [-0.2, 0) is 4.79 Å². The summed E-state index contributed by atoms with van der Waals surface area (Å²) in [7, 11) is 0. The molecule has 6 heterocycles. The van der Waals surface area contributed by atoms with E-state index < -0.39 is 5.82 Å². The molecule has 4 fully saturated rings. The number of benzene rings is 2. The first-order valence-electron chi connectivity index (χ1n) is 15.1. The number of nitrogens with zero attached hydrogens (tertiary/aromatic N) is 6. The summed E-state index contributed by atoms with van der Waals surface area (Å²) in [5.41, 5.74) is 1.61. The molecule has 2 aromatic heterocycles. The van der Waals surface area contributed by atoms with Gasteiger partial charge >= 0.3 is 6.01 Å². The molecule has 1 amide bonds. The number of amides is 1. The molecule has 8 rings (SSSR count). The summed E-state index contributed by atoms with van der Waals surface area (Å²) in [6.07, 6.45) is 10.1. The highest BCUT2D eigenvalue weighted by molar-refractivity contribution is 6.36. The zero-order valence-electron chi connectivity index (χ0n) is 23.8. The lowest BCUT2D eigenvalue weighted by molar-refractivity contribution is -0.127. The van der Waals surface area contributed by atoms with E-state index in [1.165, 1.54) is 25.0 Å². The van der Waals surface area contributed by atoms with Crippen LogP contribution >= 0.6 is 11.6 Å². The van der Waals surface area contributed by atoms with Gasteiger partial charge in [0.2, 0.25) is 5.91 Å². The molecule has 0 unspecified atom stereocenters. The van der Waals surface area contributed by atoms with Crippen molar-refractivity contribution in [2.75, 3.05) is 37.7 Å². The molecule has 2 atom stereocenters. The van der Waals surface area contributed by atoms with Gasteiger partial charge in [0.05, 0.1) is 23.1 Å². The normalized spacial score (nSPS) is 22.6. The maximum absolute atomic E-state index is 16.1. The van der Waals surface area contributed by atoms with E-state index in [-0.39, 0.29) is 23.5 Å². The van der Waals surface area contributed by atoms with E-state index in [1.807, 2.05) is 17.0 Å². The van der Waals surface area contributed by atoms with Gasteiger partial charge < -0.3 is 14.5 Å². The molecule has 4 aliphatic rings. The van der Waals surface area contributed by atoms with E-state index in [4.69, 9.17) is 26.3 Å². The smallest absolute Gasteiger partial charge is 0.319 e. The molecule has 0 aliphatic carbocycles. The highest BCUT2D eigenvalue weighted by atomic mass is 35.5. The molecular formula is C33H32ClFN6O2. The summed E-state index contributed by atoms with van der Waals surface area (Å²) in [6, 6.07) is 9.33. The van der Waals surface area contributed by atoms with Crippen LogP contribution in [0.25, 0.3) is 32.8 Å². The Morgan fingerprint density at radius 2 is 1.95 bits per heavy atom. The predicted molar refractivity (Wildman–Crippen MR) is 165 cm³/mol. The van der Waals surface area contributed by atoms with E-state index in [0.29, 0.717) is 58.6 Å². The summed E-state index contributed by atoms with van der Waals surface area (Å²) in [6.45, 7) is 7.67. The number of fused-ring (bicyclic) bond motifs is 4. The first kappa shape index (κ1) is 26.8. The van der Waals surface area contributed by atoms with E-state index >= 15 is 4.39 Å². The van der Waals surface area contributed by atoms with Crippen molar-refractivity contribution in [3.8, 4) is 17.1 Å². The van der Waals surface area contributed by atoms with Crippen LogP contribution in [0.15, 0.2) is 55.4 Å². The number of carbonyl (C=O) groups excluding carboxylic acids is 1. The second-order valence-electron chi connectivity index (χ2n) is 12.2. The average molecular weight is 599 g/mol. The zero-order chi connectivity index (χ0) is 29.3. The van der Waals surface area contributed by atoms with Crippen LogP contribution in [0, 0.1) is 5.82 Å². The van der Waals surface area contributed by atoms with E-state index in [2.05, 4.69) is 21.4 Å². The Morgan fingerprint density at radius 1 is 1.12 bits per heavy atom. The number of ether oxygens (including phenoxy) is 1. The van der Waals surface area contributed by atoms with Gasteiger partial charge in [-0.1, -0.05) is 30.3 Å². The molecule has 2 aromatic carbocycles. The number of pyridine rings is 1. The monoisotopic (exact) mass is 598 g/mol. The standard InChI is InChI=1S/C33H32ClFN6O2/c1-2-29(42)40-13-8-27-28(40)18-41(27)31-22-14-25(35)21(23-17-36-16-20-6-3-7-24(34)30(20)23)15-26(22)37-32(38-31)43-19-33-9-4-11-39(33)12-5-10-33/h2-3,6-7,14-17,27-28H,1,4-5,8-13,18-19H2/t27-,28-/m1/s1. The molecule has 0 saturated carbocycles. The van der Waals surface area contributed by atoms with Crippen LogP contribution in [0.2, 0.25) is 5.02 Å². The van der Waals surface area contributed by atoms with Crippen molar-refractivity contribution in [3.63, 3.8) is 0 Å². The molecule has 0 radical (unpaired) electrons. The molecule has 10 heteroatoms. The van der Waals surface area contributed by atoms with Gasteiger partial charge in [0.15, 0.2) is 0 Å². The lowest BCUT2D eigenvalue weighted by Crippen LogP contribution is -2.63. The quantitative estimate of drug-likeness (QED) is 0.267. The number of carbonyl (C=O) groups is 1. The van der Waals surface area contributed by atoms with Crippen LogP contribution in [0.1, 0.15) is 32.1 Å². The second-order valence-corrected chi connectivity index (χ2v) is 12.6. The molecule has 4 aliphatic heterocycles. The first-order valence-corrected chi connectivity index (χ1v) is 15.4. The number of rotatable bonds is 6. The number of anilines is 1. The summed E-state index contributed by atoms with van der Waals surface area (Å²) in [5.74, 6) is 0.179. The Labute approximate surface area is 254 Å². The van der Waals surface area contributed by atoms with E-state index in [1.54, 1.807) is 24.5 Å². The Morgan fingerprint density at radius 3 is 2.77 bits per heavy atom. The minimum Gasteiger partial charge on any atom is -0.461 e. The van der Waals surface area contributed by atoms with Gasteiger partial charge in [0, 0.05) is 57.8 Å². The minimum absolute atomic E-state index is 0.0384. The summed E-state index contributed by atoms with van der Waals surface area (Å²) in [4.78, 5) is 33.1. The number of likely N-dealkylation sites (tertiary alicyclic amines) is 1. The summed E-state index contributed by atoms with van der Waals surface area (Å²) < 4.78 is 22.5. The Kier molecular flexibility index (Phi) is 6.31. The highest BCUT2D eigenvalue weighted by Crippen LogP contribution is 2.43. The number of aromatic nitrogens is 3. The van der Waals surface area contributed by atoms with Crippen molar-refractivity contribution in [2.24, 2.45) is 0 Å². The van der Waals surface area contributed by atoms with Crippen LogP contribution in [-0.4, -0.2) is 81.1 Å². The number of hydrogen-bond donors (Lipinski definition) is 0. The van der Waals surface area contributed by atoms with Crippen molar-refractivity contribution in [1.29, 1.82) is 0 Å². The highest BCUT2D eigenvalue weighted by Gasteiger charge is 2.49. The van der Waals surface area contributed by atoms with Crippen molar-refractivity contribution < 1.29 is 13.9 Å². The van der Waals surface area contributed by atoms with E-state index in [0.717, 1.165) is 43.1 Å². The van der Waals surface area contributed by atoms with Gasteiger partial charge in [-0.3, -0.25) is 14.7 Å². The predicted octanol–water partition coefficient (Wildman–Crippen LogP) is 5.62. The van der Waals surface area contributed by atoms with Gasteiger partial charge in [-0.15, -0.1) is 0 Å². The Balaban J connectivity index is 1.22. The first-order chi connectivity index (χ1) is 21.0. The summed E-state index contributed by atoms with van der Waals surface area (Å²) in [5, 5.41) is 2.72. The van der Waals surface area contributed by atoms with Crippen LogP contribution < -0.4 is 9.64 Å². The van der Waals surface area contributed by atoms with Gasteiger partial charge in [-0.05, 0) is 69.5 Å². The Hall–Kier alpha value is -3.82. The molecule has 0 bridgehead atoms. The largest absolute Gasteiger partial charge is 0.461 e. The fourth-order valence-electron chi connectivity index (χ4n) is 7.91. The van der Waals surface area contributed by atoms with Gasteiger partial charge in [-0.25, -0.2) is 4.39 Å². The summed E-state index contributed by atoms with van der Waals surface area (Å²) >= 11 is 6.60. The third-order valence-electron chi connectivity index (χ3n) is 10.1. The molecule has 4 saturated heterocycles. The average Bonchev–Trinajstić information content (AvgIpc) is 3.68. The lowest BCUT2D eigenvalue weighted by Gasteiger charge is -2.47. The lowest BCUT2D eigenvalue weighted by atomic mass is 9.95. The molecule has 4 aromatic rings. The van der Waals surface area contributed by atoms with Crippen molar-refractivity contribution in [1.82, 2.24) is 24.8 Å². The fraction of sp³-hybridized carbons (Fsp3) is 0.394. The van der Waals surface area contributed by atoms with Crippen LogP contribution in [0.3, 0.4) is 0 Å².